The van der Waals surface area contributed by atoms with Crippen LogP contribution in [0.2, 0.25) is 0 Å². The molecule has 0 N–H and O–H groups in total. The largest absolute Gasteiger partial charge is 0.370 e. The van der Waals surface area contributed by atoms with Crippen molar-refractivity contribution < 1.29 is 4.74 Å². The van der Waals surface area contributed by atoms with Crippen LogP contribution in [0.3, 0.4) is 0 Å². The molecule has 0 saturated carbocycles. The lowest BCUT2D eigenvalue weighted by molar-refractivity contribution is 0.0215. The van der Waals surface area contributed by atoms with Crippen molar-refractivity contribution in [2.75, 3.05) is 18.1 Å². The first kappa shape index (κ1) is 13.6. The number of ether oxygens (including phenoxy) is 1. The minimum atomic E-state index is 0.0676. The number of rotatable bonds is 2. The van der Waals surface area contributed by atoms with E-state index in [1.807, 2.05) is 30.3 Å². The fourth-order valence-electron chi connectivity index (χ4n) is 2.61. The van der Waals surface area contributed by atoms with Crippen molar-refractivity contribution in [1.29, 1.82) is 5.26 Å². The fraction of sp³-hybridized carbons (Fsp3) is 0.294. The molecule has 1 aliphatic heterocycles. The third kappa shape index (κ3) is 2.88. The van der Waals surface area contributed by atoms with Crippen LogP contribution in [0.4, 0.5) is 5.69 Å². The molecule has 2 heterocycles. The summed E-state index contributed by atoms with van der Waals surface area (Å²) < 4.78 is 5.96. The molecule has 4 nitrogen and oxygen atoms in total. The van der Waals surface area contributed by atoms with Crippen molar-refractivity contribution in [3.63, 3.8) is 0 Å². The zero-order chi connectivity index (χ0) is 14.7. The van der Waals surface area contributed by atoms with Crippen LogP contribution >= 0.6 is 0 Å². The predicted octanol–water partition coefficient (Wildman–Crippen LogP) is 2.92. The lowest BCUT2D eigenvalue weighted by Gasteiger charge is -2.39. The molecule has 1 aromatic carbocycles. The minimum absolute atomic E-state index is 0.0676. The molecular weight excluding hydrogens is 262 g/mol. The Bertz CT molecular complexity index is 633. The summed E-state index contributed by atoms with van der Waals surface area (Å²) >= 11 is 0. The van der Waals surface area contributed by atoms with Gasteiger partial charge in [0.1, 0.15) is 17.9 Å². The van der Waals surface area contributed by atoms with Crippen molar-refractivity contribution in [2.45, 2.75) is 19.1 Å². The molecule has 0 bridgehead atoms. The summed E-state index contributed by atoms with van der Waals surface area (Å²) in [5, 5.41) is 8.84. The molecule has 0 radical (unpaired) electrons. The summed E-state index contributed by atoms with van der Waals surface area (Å²) in [6.07, 6.45) is 1.83. The molecule has 0 unspecified atom stereocenters. The van der Waals surface area contributed by atoms with Gasteiger partial charge in [-0.3, -0.25) is 0 Å². The van der Waals surface area contributed by atoms with Crippen LogP contribution in [-0.4, -0.2) is 24.2 Å². The van der Waals surface area contributed by atoms with E-state index in [1.54, 1.807) is 12.3 Å². The Morgan fingerprint density at radius 1 is 1.24 bits per heavy atom. The van der Waals surface area contributed by atoms with Crippen LogP contribution in [0, 0.1) is 11.3 Å². The summed E-state index contributed by atoms with van der Waals surface area (Å²) in [5.41, 5.74) is 2.67. The Morgan fingerprint density at radius 3 is 2.71 bits per heavy atom. The Hall–Kier alpha value is -2.38. The Morgan fingerprint density at radius 2 is 2.05 bits per heavy atom. The normalized spacial score (nSPS) is 21.8. The van der Waals surface area contributed by atoms with Crippen LogP contribution < -0.4 is 4.90 Å². The van der Waals surface area contributed by atoms with E-state index in [2.05, 4.69) is 28.9 Å². The highest BCUT2D eigenvalue weighted by molar-refractivity contribution is 5.47. The molecule has 3 rings (SSSR count). The van der Waals surface area contributed by atoms with Crippen LogP contribution in [0.15, 0.2) is 48.7 Å². The monoisotopic (exact) mass is 279 g/mol. The zero-order valence-electron chi connectivity index (χ0n) is 11.9. The van der Waals surface area contributed by atoms with Gasteiger partial charge in [0.25, 0.3) is 0 Å². The van der Waals surface area contributed by atoms with E-state index in [1.165, 1.54) is 5.56 Å². The first-order chi connectivity index (χ1) is 10.3. The van der Waals surface area contributed by atoms with Crippen molar-refractivity contribution in [1.82, 2.24) is 4.98 Å². The van der Waals surface area contributed by atoms with Gasteiger partial charge in [0.05, 0.1) is 18.5 Å². The molecule has 1 fully saturated rings. The smallest absolute Gasteiger partial charge is 0.140 e. The van der Waals surface area contributed by atoms with E-state index in [9.17, 15) is 0 Å². The zero-order valence-corrected chi connectivity index (χ0v) is 11.9. The quantitative estimate of drug-likeness (QED) is 0.848. The third-order valence-electron chi connectivity index (χ3n) is 3.80. The number of benzene rings is 1. The molecule has 0 amide bonds. The van der Waals surface area contributed by atoms with Crippen molar-refractivity contribution >= 4 is 5.69 Å². The SMILES string of the molecule is C[C@@H]1CO[C@@H](c2ccccc2)CN1c1ccc(C#N)nc1. The third-order valence-corrected chi connectivity index (χ3v) is 3.80. The van der Waals surface area contributed by atoms with Gasteiger partial charge in [-0.1, -0.05) is 30.3 Å². The highest BCUT2D eigenvalue weighted by Crippen LogP contribution is 2.28. The predicted molar refractivity (Wildman–Crippen MR) is 80.9 cm³/mol. The number of anilines is 1. The second-order valence-electron chi connectivity index (χ2n) is 5.25. The van der Waals surface area contributed by atoms with Crippen LogP contribution in [0.5, 0.6) is 0 Å². The number of aromatic nitrogens is 1. The molecule has 1 saturated heterocycles. The first-order valence-electron chi connectivity index (χ1n) is 7.07. The number of hydrogen-bond donors (Lipinski definition) is 0. The van der Waals surface area contributed by atoms with Gasteiger partial charge in [-0.15, -0.1) is 0 Å². The van der Waals surface area contributed by atoms with Gasteiger partial charge >= 0.3 is 0 Å². The lowest BCUT2D eigenvalue weighted by atomic mass is 10.1. The molecule has 2 atom stereocenters. The molecular formula is C17H17N3O. The summed E-state index contributed by atoms with van der Waals surface area (Å²) in [7, 11) is 0. The molecule has 1 aliphatic rings. The van der Waals surface area contributed by atoms with Crippen LogP contribution in [0.25, 0.3) is 0 Å². The summed E-state index contributed by atoms with van der Waals surface area (Å²) in [4.78, 5) is 6.45. The topological polar surface area (TPSA) is 49.1 Å². The van der Waals surface area contributed by atoms with Crippen LogP contribution in [-0.2, 0) is 4.74 Å². The number of morpholine rings is 1. The molecule has 2 aromatic rings. The number of pyridine rings is 1. The highest BCUT2D eigenvalue weighted by atomic mass is 16.5. The maximum Gasteiger partial charge on any atom is 0.140 e. The Labute approximate surface area is 124 Å². The Kier molecular flexibility index (Phi) is 3.85. The molecule has 106 valence electrons. The number of hydrogen-bond acceptors (Lipinski definition) is 4. The van der Waals surface area contributed by atoms with Gasteiger partial charge in [0.15, 0.2) is 0 Å². The number of nitrogens with zero attached hydrogens (tertiary/aromatic N) is 3. The second-order valence-corrected chi connectivity index (χ2v) is 5.25. The average molecular weight is 279 g/mol. The lowest BCUT2D eigenvalue weighted by Crippen LogP contribution is -2.45. The van der Waals surface area contributed by atoms with E-state index in [-0.39, 0.29) is 6.10 Å². The molecule has 4 heteroatoms. The highest BCUT2D eigenvalue weighted by Gasteiger charge is 2.27. The van der Waals surface area contributed by atoms with Crippen molar-refractivity contribution in [3.8, 4) is 6.07 Å². The molecule has 21 heavy (non-hydrogen) atoms. The second kappa shape index (κ2) is 5.94. The van der Waals surface area contributed by atoms with Crippen molar-refractivity contribution in [2.24, 2.45) is 0 Å². The number of nitriles is 1. The van der Waals surface area contributed by atoms with Gasteiger partial charge < -0.3 is 9.64 Å². The maximum atomic E-state index is 8.84. The van der Waals surface area contributed by atoms with Crippen molar-refractivity contribution in [3.05, 3.63) is 59.9 Å². The standard InChI is InChI=1S/C17H17N3O/c1-13-12-21-17(14-5-3-2-4-6-14)11-20(13)16-8-7-15(9-18)19-10-16/h2-8,10,13,17H,11-12H2,1H3/t13-,17-/m1/s1. The van der Waals surface area contributed by atoms with E-state index < -0.39 is 0 Å². The molecule has 0 aliphatic carbocycles. The molecule has 0 spiro atoms. The van der Waals surface area contributed by atoms with Crippen LogP contribution in [0.1, 0.15) is 24.3 Å². The summed E-state index contributed by atoms with van der Waals surface area (Å²) in [5.74, 6) is 0. The van der Waals surface area contributed by atoms with E-state index >= 15 is 0 Å². The average Bonchev–Trinajstić information content (AvgIpc) is 2.56. The van der Waals surface area contributed by atoms with E-state index in [0.29, 0.717) is 18.3 Å². The first-order valence-corrected chi connectivity index (χ1v) is 7.07. The van der Waals surface area contributed by atoms with Gasteiger partial charge in [0, 0.05) is 12.6 Å². The summed E-state index contributed by atoms with van der Waals surface area (Å²) in [6, 6.07) is 16.3. The fourth-order valence-corrected chi connectivity index (χ4v) is 2.61. The van der Waals surface area contributed by atoms with Gasteiger partial charge in [0.2, 0.25) is 0 Å². The van der Waals surface area contributed by atoms with Gasteiger partial charge in [-0.2, -0.15) is 5.26 Å². The van der Waals surface area contributed by atoms with E-state index in [4.69, 9.17) is 10.00 Å². The molecule has 1 aromatic heterocycles. The maximum absolute atomic E-state index is 8.84. The van der Waals surface area contributed by atoms with Gasteiger partial charge in [-0.25, -0.2) is 4.98 Å². The van der Waals surface area contributed by atoms with E-state index in [0.717, 1.165) is 12.2 Å². The summed E-state index contributed by atoms with van der Waals surface area (Å²) in [6.45, 7) is 3.61. The van der Waals surface area contributed by atoms with Gasteiger partial charge in [-0.05, 0) is 24.6 Å². The Balaban J connectivity index is 1.82. The minimum Gasteiger partial charge on any atom is -0.370 e.